The van der Waals surface area contributed by atoms with E-state index in [9.17, 15) is 10.1 Å². The van der Waals surface area contributed by atoms with Gasteiger partial charge >= 0.3 is 0 Å². The third-order valence-electron chi connectivity index (χ3n) is 3.36. The largest absolute Gasteiger partial charge is 0.497 e. The van der Waals surface area contributed by atoms with Crippen LogP contribution in [0.25, 0.3) is 11.0 Å². The molecule has 1 N–H and O–H groups in total. The lowest BCUT2D eigenvalue weighted by molar-refractivity contribution is -0.384. The molecule has 2 aromatic carbocycles. The number of non-ortho nitro benzene ring substituents is 1. The average Bonchev–Trinajstić information content (AvgIpc) is 2.95. The summed E-state index contributed by atoms with van der Waals surface area (Å²) in [7, 11) is 1.62. The minimum Gasteiger partial charge on any atom is -0.497 e. The van der Waals surface area contributed by atoms with Crippen LogP contribution in [0.2, 0.25) is 0 Å². The van der Waals surface area contributed by atoms with Crippen molar-refractivity contribution in [2.75, 3.05) is 12.4 Å². The highest BCUT2D eigenvalue weighted by Crippen LogP contribution is 2.20. The summed E-state index contributed by atoms with van der Waals surface area (Å²) in [6, 6.07) is 12.2. The number of imidazole rings is 1. The fraction of sp³-hybridized carbons (Fsp3) is 0.133. The molecule has 0 aliphatic carbocycles. The molecule has 7 heteroatoms. The molecule has 3 rings (SSSR count). The summed E-state index contributed by atoms with van der Waals surface area (Å²) in [6.07, 6.45) is 1.66. The van der Waals surface area contributed by atoms with Crippen LogP contribution in [0.1, 0.15) is 0 Å². The molecule has 0 radical (unpaired) electrons. The first kappa shape index (κ1) is 13.9. The lowest BCUT2D eigenvalue weighted by Gasteiger charge is -2.09. The van der Waals surface area contributed by atoms with Gasteiger partial charge in [0.25, 0.3) is 5.69 Å². The maximum absolute atomic E-state index is 10.9. The number of benzene rings is 2. The van der Waals surface area contributed by atoms with Gasteiger partial charge in [0.05, 0.1) is 36.1 Å². The molecular formula is C15H14N4O3. The first-order valence-electron chi connectivity index (χ1n) is 6.64. The van der Waals surface area contributed by atoms with Crippen molar-refractivity contribution in [3.05, 3.63) is 58.9 Å². The van der Waals surface area contributed by atoms with Crippen molar-refractivity contribution in [1.82, 2.24) is 9.55 Å². The zero-order valence-electron chi connectivity index (χ0n) is 11.9. The Morgan fingerprint density at radius 1 is 1.27 bits per heavy atom. The molecule has 0 spiro atoms. The van der Waals surface area contributed by atoms with E-state index in [4.69, 9.17) is 4.74 Å². The summed E-state index contributed by atoms with van der Waals surface area (Å²) in [4.78, 5) is 14.7. The molecule has 0 saturated heterocycles. The zero-order valence-corrected chi connectivity index (χ0v) is 11.9. The summed E-state index contributed by atoms with van der Waals surface area (Å²) in [5.41, 5.74) is 2.42. The highest BCUT2D eigenvalue weighted by Gasteiger charge is 2.09. The summed E-state index contributed by atoms with van der Waals surface area (Å²) in [5.74, 6) is 0.786. The van der Waals surface area contributed by atoms with Crippen LogP contribution in [-0.4, -0.2) is 21.6 Å². The second kappa shape index (κ2) is 5.72. The smallest absolute Gasteiger partial charge is 0.271 e. The topological polar surface area (TPSA) is 82.2 Å². The van der Waals surface area contributed by atoms with Gasteiger partial charge in [0, 0.05) is 17.8 Å². The van der Waals surface area contributed by atoms with E-state index in [1.807, 2.05) is 28.8 Å². The lowest BCUT2D eigenvalue weighted by Crippen LogP contribution is -2.06. The molecule has 1 heterocycles. The van der Waals surface area contributed by atoms with E-state index in [0.29, 0.717) is 6.67 Å². The standard InChI is InChI=1S/C15H14N4O3/c1-22-13-5-2-11(3-6-13)16-9-18-10-17-14-7-4-12(19(20)21)8-15(14)18/h2-8,10,16H,9H2,1H3. The summed E-state index contributed by atoms with van der Waals surface area (Å²) >= 11 is 0. The number of nitro benzene ring substituents is 1. The SMILES string of the molecule is COc1ccc(NCn2cnc3ccc([N+](=O)[O-])cc32)cc1. The van der Waals surface area contributed by atoms with E-state index in [1.54, 1.807) is 19.5 Å². The maximum atomic E-state index is 10.9. The van der Waals surface area contributed by atoms with Gasteiger partial charge in [0.2, 0.25) is 0 Å². The number of methoxy groups -OCH3 is 1. The molecule has 0 aliphatic heterocycles. The number of ether oxygens (including phenoxy) is 1. The Kier molecular flexibility index (Phi) is 3.61. The first-order chi connectivity index (χ1) is 10.7. The molecule has 1 aromatic heterocycles. The van der Waals surface area contributed by atoms with E-state index < -0.39 is 4.92 Å². The normalized spacial score (nSPS) is 10.6. The number of nitrogens with zero attached hydrogens (tertiary/aromatic N) is 3. The molecule has 22 heavy (non-hydrogen) atoms. The fourth-order valence-corrected chi connectivity index (χ4v) is 2.17. The first-order valence-corrected chi connectivity index (χ1v) is 6.64. The highest BCUT2D eigenvalue weighted by atomic mass is 16.6. The van der Waals surface area contributed by atoms with Gasteiger partial charge in [-0.05, 0) is 30.3 Å². The summed E-state index contributed by atoms with van der Waals surface area (Å²) in [6.45, 7) is 0.462. The molecule has 0 unspecified atom stereocenters. The molecule has 3 aromatic rings. The van der Waals surface area contributed by atoms with Gasteiger partial charge < -0.3 is 14.6 Å². The van der Waals surface area contributed by atoms with Gasteiger partial charge in [-0.3, -0.25) is 10.1 Å². The molecule has 0 saturated carbocycles. The number of anilines is 1. The molecule has 0 bridgehead atoms. The number of rotatable bonds is 5. The average molecular weight is 298 g/mol. The Bertz CT molecular complexity index is 811. The van der Waals surface area contributed by atoms with Gasteiger partial charge in [-0.25, -0.2) is 4.98 Å². The predicted molar refractivity (Wildman–Crippen MR) is 83.0 cm³/mol. The van der Waals surface area contributed by atoms with Gasteiger partial charge in [-0.2, -0.15) is 0 Å². The second-order valence-electron chi connectivity index (χ2n) is 4.71. The van der Waals surface area contributed by atoms with Crippen LogP contribution in [0.15, 0.2) is 48.8 Å². The van der Waals surface area contributed by atoms with Gasteiger partial charge in [-0.15, -0.1) is 0 Å². The number of nitro groups is 1. The second-order valence-corrected chi connectivity index (χ2v) is 4.71. The van der Waals surface area contributed by atoms with E-state index in [2.05, 4.69) is 10.3 Å². The summed E-state index contributed by atoms with van der Waals surface area (Å²) < 4.78 is 6.93. The monoisotopic (exact) mass is 298 g/mol. The van der Waals surface area contributed by atoms with Crippen LogP contribution in [0.5, 0.6) is 5.75 Å². The number of hydrogen-bond acceptors (Lipinski definition) is 5. The molecule has 112 valence electrons. The predicted octanol–water partition coefficient (Wildman–Crippen LogP) is 3.02. The molecule has 0 fully saturated rings. The van der Waals surface area contributed by atoms with Gasteiger partial charge in [0.1, 0.15) is 5.75 Å². The van der Waals surface area contributed by atoms with Crippen molar-refractivity contribution < 1.29 is 9.66 Å². The van der Waals surface area contributed by atoms with E-state index in [1.165, 1.54) is 12.1 Å². The summed E-state index contributed by atoms with van der Waals surface area (Å²) in [5, 5.41) is 14.1. The molecule has 0 atom stereocenters. The van der Waals surface area contributed by atoms with Crippen molar-refractivity contribution in [3.8, 4) is 5.75 Å². The van der Waals surface area contributed by atoms with Crippen molar-refractivity contribution in [2.45, 2.75) is 6.67 Å². The van der Waals surface area contributed by atoms with Crippen LogP contribution < -0.4 is 10.1 Å². The third-order valence-corrected chi connectivity index (χ3v) is 3.36. The third kappa shape index (κ3) is 2.69. The van der Waals surface area contributed by atoms with Crippen LogP contribution in [-0.2, 0) is 6.67 Å². The van der Waals surface area contributed by atoms with Crippen LogP contribution in [0.3, 0.4) is 0 Å². The molecule has 0 amide bonds. The Morgan fingerprint density at radius 3 is 2.73 bits per heavy atom. The van der Waals surface area contributed by atoms with Crippen molar-refractivity contribution in [2.24, 2.45) is 0 Å². The van der Waals surface area contributed by atoms with Gasteiger partial charge in [0.15, 0.2) is 0 Å². The minimum atomic E-state index is -0.409. The van der Waals surface area contributed by atoms with Gasteiger partial charge in [-0.1, -0.05) is 0 Å². The maximum Gasteiger partial charge on any atom is 0.271 e. The van der Waals surface area contributed by atoms with Crippen molar-refractivity contribution in [1.29, 1.82) is 0 Å². The van der Waals surface area contributed by atoms with Crippen LogP contribution in [0, 0.1) is 10.1 Å². The lowest BCUT2D eigenvalue weighted by atomic mass is 10.3. The number of nitrogens with one attached hydrogen (secondary N) is 1. The van der Waals surface area contributed by atoms with Crippen molar-refractivity contribution in [3.63, 3.8) is 0 Å². The highest BCUT2D eigenvalue weighted by molar-refractivity contribution is 5.78. The molecule has 0 aliphatic rings. The van der Waals surface area contributed by atoms with Crippen LogP contribution >= 0.6 is 0 Å². The number of fused-ring (bicyclic) bond motifs is 1. The van der Waals surface area contributed by atoms with Crippen LogP contribution in [0.4, 0.5) is 11.4 Å². The Hall–Kier alpha value is -3.09. The zero-order chi connectivity index (χ0) is 15.5. The van der Waals surface area contributed by atoms with E-state index >= 15 is 0 Å². The van der Waals surface area contributed by atoms with Crippen molar-refractivity contribution >= 4 is 22.4 Å². The molecule has 7 nitrogen and oxygen atoms in total. The van der Waals surface area contributed by atoms with E-state index in [-0.39, 0.29) is 5.69 Å². The Labute approximate surface area is 126 Å². The minimum absolute atomic E-state index is 0.0543. The number of aromatic nitrogens is 2. The quantitative estimate of drug-likeness (QED) is 0.578. The number of hydrogen-bond donors (Lipinski definition) is 1. The molecular weight excluding hydrogens is 284 g/mol. The Morgan fingerprint density at radius 2 is 2.05 bits per heavy atom. The fourth-order valence-electron chi connectivity index (χ4n) is 2.17. The Balaban J connectivity index is 1.80. The van der Waals surface area contributed by atoms with E-state index in [0.717, 1.165) is 22.5 Å².